The molecule has 1 aliphatic rings. The lowest BCUT2D eigenvalue weighted by molar-refractivity contribution is -0.126. The van der Waals surface area contributed by atoms with Gasteiger partial charge in [0.2, 0.25) is 5.91 Å². The molecule has 1 aromatic carbocycles. The Bertz CT molecular complexity index is 1380. The number of halogens is 2. The predicted molar refractivity (Wildman–Crippen MR) is 127 cm³/mol. The van der Waals surface area contributed by atoms with Crippen molar-refractivity contribution in [3.63, 3.8) is 0 Å². The third-order valence-corrected chi connectivity index (χ3v) is 6.11. The van der Waals surface area contributed by atoms with Gasteiger partial charge in [0.1, 0.15) is 16.8 Å². The lowest BCUT2D eigenvalue weighted by Crippen LogP contribution is -2.51. The quantitative estimate of drug-likeness (QED) is 0.404. The molecule has 1 fully saturated rings. The van der Waals surface area contributed by atoms with Gasteiger partial charge in [0.05, 0.1) is 36.8 Å². The summed E-state index contributed by atoms with van der Waals surface area (Å²) in [4.78, 5) is 35.1. The molecule has 1 aliphatic heterocycles. The number of anilines is 1. The molecule has 2 amide bonds. The van der Waals surface area contributed by atoms with Gasteiger partial charge in [-0.05, 0) is 45.8 Å². The topological polar surface area (TPSA) is 97.1 Å². The van der Waals surface area contributed by atoms with Crippen molar-refractivity contribution in [3.8, 4) is 11.1 Å². The summed E-state index contributed by atoms with van der Waals surface area (Å²) in [5.41, 5.74) is 2.71. The highest BCUT2D eigenvalue weighted by atomic mass is 79.9. The summed E-state index contributed by atoms with van der Waals surface area (Å²) in [6, 6.07) is 8.74. The van der Waals surface area contributed by atoms with Crippen LogP contribution in [0.1, 0.15) is 13.3 Å². The van der Waals surface area contributed by atoms with Crippen LogP contribution in [0.4, 0.5) is 10.2 Å². The molecule has 2 atom stereocenters. The molecule has 5 rings (SSSR count). The van der Waals surface area contributed by atoms with Crippen LogP contribution in [0.25, 0.3) is 22.0 Å². The van der Waals surface area contributed by atoms with Gasteiger partial charge in [0.15, 0.2) is 5.82 Å². The van der Waals surface area contributed by atoms with Gasteiger partial charge in [-0.3, -0.25) is 24.3 Å². The van der Waals surface area contributed by atoms with E-state index in [1.165, 1.54) is 19.3 Å². The minimum Gasteiger partial charge on any atom is -0.297 e. The average molecular weight is 524 g/mol. The molecule has 34 heavy (non-hydrogen) atoms. The molecule has 1 saturated heterocycles. The zero-order chi connectivity index (χ0) is 23.8. The second kappa shape index (κ2) is 8.90. The van der Waals surface area contributed by atoms with Crippen LogP contribution in [0.5, 0.6) is 0 Å². The summed E-state index contributed by atoms with van der Waals surface area (Å²) in [7, 11) is 0. The SMILES string of the molecule is CC(=O)N(C(=O)C1CC(F)CN1n1ccc2cc(-c3ccnnc3)ccc21)c1cncc(Br)n1. The van der Waals surface area contributed by atoms with Crippen molar-refractivity contribution in [3.05, 3.63) is 65.9 Å². The minimum atomic E-state index is -1.23. The number of nitrogens with zero attached hydrogens (tertiary/aromatic N) is 7. The van der Waals surface area contributed by atoms with Gasteiger partial charge >= 0.3 is 0 Å². The number of amides is 2. The Kier molecular flexibility index (Phi) is 5.78. The maximum absolute atomic E-state index is 14.6. The van der Waals surface area contributed by atoms with Crippen molar-refractivity contribution < 1.29 is 14.0 Å². The van der Waals surface area contributed by atoms with Crippen molar-refractivity contribution in [1.82, 2.24) is 24.8 Å². The number of rotatable bonds is 4. The molecule has 0 spiro atoms. The Hall–Kier alpha value is -3.73. The zero-order valence-corrected chi connectivity index (χ0v) is 19.6. The van der Waals surface area contributed by atoms with Crippen LogP contribution in [-0.2, 0) is 9.59 Å². The fraction of sp³-hybridized carbons (Fsp3) is 0.217. The van der Waals surface area contributed by atoms with Crippen LogP contribution in [0.3, 0.4) is 0 Å². The second-order valence-electron chi connectivity index (χ2n) is 7.93. The fourth-order valence-electron chi connectivity index (χ4n) is 4.25. The van der Waals surface area contributed by atoms with Crippen LogP contribution in [0, 0.1) is 0 Å². The van der Waals surface area contributed by atoms with E-state index in [1.807, 2.05) is 30.3 Å². The Balaban J connectivity index is 1.50. The number of aromatic nitrogens is 5. The Morgan fingerprint density at radius 3 is 2.71 bits per heavy atom. The molecule has 172 valence electrons. The van der Waals surface area contributed by atoms with Crippen LogP contribution in [0.2, 0.25) is 0 Å². The van der Waals surface area contributed by atoms with Crippen molar-refractivity contribution in [2.24, 2.45) is 0 Å². The second-order valence-corrected chi connectivity index (χ2v) is 8.74. The van der Waals surface area contributed by atoms with Crippen molar-refractivity contribution >= 4 is 44.5 Å². The van der Waals surface area contributed by atoms with E-state index in [9.17, 15) is 14.0 Å². The number of carbonyl (C=O) groups excluding carboxylic acids is 2. The molecule has 0 radical (unpaired) electrons. The van der Waals surface area contributed by atoms with E-state index in [4.69, 9.17) is 0 Å². The van der Waals surface area contributed by atoms with E-state index in [2.05, 4.69) is 36.1 Å². The van der Waals surface area contributed by atoms with Gasteiger partial charge < -0.3 is 0 Å². The first-order chi connectivity index (χ1) is 16.4. The Morgan fingerprint density at radius 1 is 1.12 bits per heavy atom. The Labute approximate surface area is 202 Å². The number of hydrogen-bond acceptors (Lipinski definition) is 7. The molecular formula is C23H19BrFN7O2. The summed E-state index contributed by atoms with van der Waals surface area (Å²) < 4.78 is 16.8. The van der Waals surface area contributed by atoms with Gasteiger partial charge in [-0.1, -0.05) is 6.07 Å². The molecule has 0 aliphatic carbocycles. The maximum atomic E-state index is 14.6. The van der Waals surface area contributed by atoms with Crippen molar-refractivity contribution in [2.75, 3.05) is 16.5 Å². The van der Waals surface area contributed by atoms with Gasteiger partial charge in [-0.25, -0.2) is 14.3 Å². The number of fused-ring (bicyclic) bond motifs is 1. The normalized spacial score (nSPS) is 17.8. The number of hydrogen-bond donors (Lipinski definition) is 0. The number of imide groups is 1. The lowest BCUT2D eigenvalue weighted by atomic mass is 10.1. The molecule has 0 saturated carbocycles. The smallest absolute Gasteiger partial charge is 0.259 e. The van der Waals surface area contributed by atoms with Crippen LogP contribution >= 0.6 is 15.9 Å². The highest BCUT2D eigenvalue weighted by Gasteiger charge is 2.41. The molecule has 0 bridgehead atoms. The fourth-order valence-corrected chi connectivity index (χ4v) is 4.55. The first-order valence-corrected chi connectivity index (χ1v) is 11.3. The highest BCUT2D eigenvalue weighted by molar-refractivity contribution is 9.10. The molecule has 11 heteroatoms. The standard InChI is InChI=1S/C23H19BrFN7O2/c1-14(33)32(22-12-26-11-21(24)29-22)23(34)20-9-18(25)13-31(20)30-7-5-16-8-15(2-3-19(16)30)17-4-6-27-28-10-17/h2-8,10-12,18,20H,9,13H2,1H3. The molecular weight excluding hydrogens is 505 g/mol. The summed E-state index contributed by atoms with van der Waals surface area (Å²) in [6.07, 6.45) is 6.63. The van der Waals surface area contributed by atoms with E-state index in [-0.39, 0.29) is 18.8 Å². The Morgan fingerprint density at radius 2 is 1.97 bits per heavy atom. The molecule has 4 aromatic rings. The molecule has 0 N–H and O–H groups in total. The van der Waals surface area contributed by atoms with Crippen LogP contribution in [0.15, 0.2) is 65.9 Å². The monoisotopic (exact) mass is 523 g/mol. The summed E-state index contributed by atoms with van der Waals surface area (Å²) >= 11 is 3.21. The highest BCUT2D eigenvalue weighted by Crippen LogP contribution is 2.29. The van der Waals surface area contributed by atoms with Gasteiger partial charge in [-0.15, -0.1) is 0 Å². The van der Waals surface area contributed by atoms with Gasteiger partial charge in [0.25, 0.3) is 5.91 Å². The molecule has 4 heterocycles. The van der Waals surface area contributed by atoms with Crippen LogP contribution in [-0.4, -0.2) is 55.4 Å². The van der Waals surface area contributed by atoms with E-state index < -0.39 is 24.0 Å². The first-order valence-electron chi connectivity index (χ1n) is 10.5. The molecule has 9 nitrogen and oxygen atoms in total. The predicted octanol–water partition coefficient (Wildman–Crippen LogP) is 3.28. The molecule has 3 aromatic heterocycles. The number of benzene rings is 1. The summed E-state index contributed by atoms with van der Waals surface area (Å²) in [6.45, 7) is 1.29. The first kappa shape index (κ1) is 22.1. The van der Waals surface area contributed by atoms with E-state index in [0.29, 0.717) is 4.60 Å². The van der Waals surface area contributed by atoms with Crippen molar-refractivity contribution in [1.29, 1.82) is 0 Å². The van der Waals surface area contributed by atoms with E-state index in [1.54, 1.807) is 28.3 Å². The van der Waals surface area contributed by atoms with Gasteiger partial charge in [-0.2, -0.15) is 10.2 Å². The number of carbonyl (C=O) groups is 2. The van der Waals surface area contributed by atoms with Crippen LogP contribution < -0.4 is 9.91 Å². The van der Waals surface area contributed by atoms with Gasteiger partial charge in [0, 0.05) is 30.5 Å². The third-order valence-electron chi connectivity index (χ3n) is 5.73. The van der Waals surface area contributed by atoms with E-state index in [0.717, 1.165) is 26.9 Å². The number of alkyl halides is 1. The third kappa shape index (κ3) is 4.03. The minimum absolute atomic E-state index is 0.0200. The van der Waals surface area contributed by atoms with E-state index >= 15 is 0 Å². The zero-order valence-electron chi connectivity index (χ0n) is 18.0. The lowest BCUT2D eigenvalue weighted by Gasteiger charge is -2.30. The summed E-state index contributed by atoms with van der Waals surface area (Å²) in [5, 5.41) is 10.3. The average Bonchev–Trinajstić information content (AvgIpc) is 3.42. The largest absolute Gasteiger partial charge is 0.297 e. The maximum Gasteiger partial charge on any atom is 0.259 e. The van der Waals surface area contributed by atoms with Crippen molar-refractivity contribution in [2.45, 2.75) is 25.6 Å². The molecule has 2 unspecified atom stereocenters. The summed E-state index contributed by atoms with van der Waals surface area (Å²) in [5.74, 6) is -0.990.